The maximum atomic E-state index is 12.1. The monoisotopic (exact) mass is 520 g/mol. The second-order valence-corrected chi connectivity index (χ2v) is 8.27. The number of ether oxygens (including phenoxy) is 2. The van der Waals surface area contributed by atoms with Crippen LogP contribution in [0.4, 0.5) is 0 Å². The molecule has 0 saturated heterocycles. The number of halogens is 3. The maximum Gasteiger partial charge on any atom is 0.244 e. The molecule has 0 aliphatic rings. The summed E-state index contributed by atoms with van der Waals surface area (Å²) < 4.78 is 12.1. The first-order valence-electron chi connectivity index (χ1n) is 9.25. The van der Waals surface area contributed by atoms with Gasteiger partial charge in [0.1, 0.15) is 6.61 Å². The van der Waals surface area contributed by atoms with E-state index < -0.39 is 0 Å². The number of nitrogens with zero attached hydrogens (tertiary/aromatic N) is 1. The van der Waals surface area contributed by atoms with Crippen molar-refractivity contribution < 1.29 is 14.3 Å². The van der Waals surface area contributed by atoms with Gasteiger partial charge in [0.05, 0.1) is 24.2 Å². The van der Waals surface area contributed by atoms with E-state index in [1.165, 1.54) is 6.21 Å². The fourth-order valence-corrected chi connectivity index (χ4v) is 3.52. The number of carbonyl (C=O) groups is 1. The number of amides is 1. The summed E-state index contributed by atoms with van der Waals surface area (Å²) >= 11 is 15.3. The standard InChI is InChI=1S/C23H19BrCl2N2O3/c1-30-21-11-17(13-27-28-22(29)12-15-2-6-18(25)7-3-15)10-20(24)23(21)31-14-16-4-8-19(26)9-5-16/h2-11,13H,12,14H2,1H3,(H,28,29)/b27-13-. The van der Waals surface area contributed by atoms with Crippen LogP contribution >= 0.6 is 39.1 Å². The van der Waals surface area contributed by atoms with Gasteiger partial charge < -0.3 is 9.47 Å². The second-order valence-electron chi connectivity index (χ2n) is 6.55. The zero-order valence-electron chi connectivity index (χ0n) is 16.6. The highest BCUT2D eigenvalue weighted by Gasteiger charge is 2.12. The molecule has 31 heavy (non-hydrogen) atoms. The van der Waals surface area contributed by atoms with Crippen LogP contribution in [-0.4, -0.2) is 19.2 Å². The molecule has 0 aliphatic carbocycles. The molecule has 0 aliphatic heterocycles. The fraction of sp³-hybridized carbons (Fsp3) is 0.130. The van der Waals surface area contributed by atoms with Crippen molar-refractivity contribution in [3.8, 4) is 11.5 Å². The van der Waals surface area contributed by atoms with Crippen molar-refractivity contribution in [2.45, 2.75) is 13.0 Å². The topological polar surface area (TPSA) is 59.9 Å². The lowest BCUT2D eigenvalue weighted by atomic mass is 10.1. The summed E-state index contributed by atoms with van der Waals surface area (Å²) in [5, 5.41) is 5.32. The average Bonchev–Trinajstić information content (AvgIpc) is 2.75. The predicted octanol–water partition coefficient (Wildman–Crippen LogP) is 6.04. The molecule has 0 atom stereocenters. The van der Waals surface area contributed by atoms with Crippen LogP contribution in [0, 0.1) is 0 Å². The highest BCUT2D eigenvalue weighted by Crippen LogP contribution is 2.36. The van der Waals surface area contributed by atoms with Gasteiger partial charge in [-0.05, 0) is 69.0 Å². The number of benzene rings is 3. The molecule has 3 rings (SSSR count). The smallest absolute Gasteiger partial charge is 0.244 e. The molecule has 0 heterocycles. The zero-order valence-corrected chi connectivity index (χ0v) is 19.7. The van der Waals surface area contributed by atoms with Gasteiger partial charge in [0.2, 0.25) is 5.91 Å². The van der Waals surface area contributed by atoms with Crippen LogP contribution in [0.3, 0.4) is 0 Å². The van der Waals surface area contributed by atoms with E-state index in [1.807, 2.05) is 30.3 Å². The van der Waals surface area contributed by atoms with Crippen LogP contribution in [0.5, 0.6) is 11.5 Å². The number of hydrogen-bond donors (Lipinski definition) is 1. The normalized spacial score (nSPS) is 10.8. The summed E-state index contributed by atoms with van der Waals surface area (Å²) in [6.07, 6.45) is 1.75. The van der Waals surface area contributed by atoms with Gasteiger partial charge in [-0.3, -0.25) is 4.79 Å². The van der Waals surface area contributed by atoms with Crippen molar-refractivity contribution >= 4 is 51.3 Å². The fourth-order valence-electron chi connectivity index (χ4n) is 2.70. The SMILES string of the molecule is COc1cc(/C=N\NC(=O)Cc2ccc(Cl)cc2)cc(Br)c1OCc1ccc(Cl)cc1. The molecule has 3 aromatic carbocycles. The molecule has 0 spiro atoms. The Morgan fingerprint density at radius 3 is 2.26 bits per heavy atom. The number of nitrogens with one attached hydrogen (secondary N) is 1. The van der Waals surface area contributed by atoms with Crippen LogP contribution in [0.15, 0.2) is 70.2 Å². The van der Waals surface area contributed by atoms with Crippen molar-refractivity contribution in [2.24, 2.45) is 5.10 Å². The van der Waals surface area contributed by atoms with Crippen molar-refractivity contribution in [1.82, 2.24) is 5.43 Å². The first-order valence-corrected chi connectivity index (χ1v) is 10.8. The first kappa shape index (κ1) is 23.1. The number of methoxy groups -OCH3 is 1. The Morgan fingerprint density at radius 1 is 1.03 bits per heavy atom. The molecule has 0 saturated carbocycles. The lowest BCUT2D eigenvalue weighted by Crippen LogP contribution is -2.19. The van der Waals surface area contributed by atoms with Gasteiger partial charge >= 0.3 is 0 Å². The Morgan fingerprint density at radius 2 is 1.65 bits per heavy atom. The van der Waals surface area contributed by atoms with Gasteiger partial charge in [0.15, 0.2) is 11.5 Å². The van der Waals surface area contributed by atoms with Crippen LogP contribution in [0.2, 0.25) is 10.0 Å². The van der Waals surface area contributed by atoms with Crippen LogP contribution in [-0.2, 0) is 17.8 Å². The molecule has 1 N–H and O–H groups in total. The zero-order chi connectivity index (χ0) is 22.2. The summed E-state index contributed by atoms with van der Waals surface area (Å²) in [6, 6.07) is 18.1. The van der Waals surface area contributed by atoms with Gasteiger partial charge in [-0.25, -0.2) is 5.43 Å². The molecule has 0 bridgehead atoms. The molecule has 0 unspecified atom stereocenters. The van der Waals surface area contributed by atoms with Gasteiger partial charge in [-0.15, -0.1) is 0 Å². The molecular weight excluding hydrogens is 503 g/mol. The number of rotatable bonds is 8. The Kier molecular flexibility index (Phi) is 8.35. The molecule has 0 aromatic heterocycles. The summed E-state index contributed by atoms with van der Waals surface area (Å²) in [6.45, 7) is 0.361. The summed E-state index contributed by atoms with van der Waals surface area (Å²) in [5.41, 5.74) is 5.08. The minimum absolute atomic E-state index is 0.207. The predicted molar refractivity (Wildman–Crippen MR) is 127 cm³/mol. The van der Waals surface area contributed by atoms with E-state index in [0.717, 1.165) is 16.7 Å². The lowest BCUT2D eigenvalue weighted by molar-refractivity contribution is -0.120. The Hall–Kier alpha value is -2.54. The van der Waals surface area contributed by atoms with E-state index in [4.69, 9.17) is 32.7 Å². The molecule has 0 radical (unpaired) electrons. The highest BCUT2D eigenvalue weighted by molar-refractivity contribution is 9.10. The van der Waals surface area contributed by atoms with Crippen LogP contribution < -0.4 is 14.9 Å². The molecule has 1 amide bonds. The molecule has 0 fully saturated rings. The third-order valence-electron chi connectivity index (χ3n) is 4.23. The minimum atomic E-state index is -0.229. The van der Waals surface area contributed by atoms with E-state index in [9.17, 15) is 4.79 Å². The van der Waals surface area contributed by atoms with Crippen molar-refractivity contribution in [1.29, 1.82) is 0 Å². The Labute approximate surface area is 199 Å². The van der Waals surface area contributed by atoms with E-state index >= 15 is 0 Å². The molecule has 3 aromatic rings. The van der Waals surface area contributed by atoms with Crippen LogP contribution in [0.25, 0.3) is 0 Å². The Balaban J connectivity index is 1.62. The first-order chi connectivity index (χ1) is 14.9. The highest BCUT2D eigenvalue weighted by atomic mass is 79.9. The maximum absolute atomic E-state index is 12.1. The van der Waals surface area contributed by atoms with Crippen molar-refractivity contribution in [2.75, 3.05) is 7.11 Å². The van der Waals surface area contributed by atoms with Crippen molar-refractivity contribution in [3.63, 3.8) is 0 Å². The van der Waals surface area contributed by atoms with Gasteiger partial charge in [0.25, 0.3) is 0 Å². The minimum Gasteiger partial charge on any atom is -0.493 e. The largest absolute Gasteiger partial charge is 0.493 e. The Bertz CT molecular complexity index is 1070. The average molecular weight is 522 g/mol. The van der Waals surface area contributed by atoms with Gasteiger partial charge in [-0.1, -0.05) is 47.5 Å². The molecular formula is C23H19BrCl2N2O3. The molecule has 160 valence electrons. The number of carbonyl (C=O) groups excluding carboxylic acids is 1. The summed E-state index contributed by atoms with van der Waals surface area (Å²) in [7, 11) is 1.56. The van der Waals surface area contributed by atoms with Gasteiger partial charge in [0, 0.05) is 10.0 Å². The van der Waals surface area contributed by atoms with Crippen molar-refractivity contribution in [3.05, 3.63) is 91.9 Å². The third-order valence-corrected chi connectivity index (χ3v) is 5.32. The van der Waals surface area contributed by atoms with E-state index in [0.29, 0.717) is 32.6 Å². The van der Waals surface area contributed by atoms with E-state index in [-0.39, 0.29) is 12.3 Å². The second kappa shape index (κ2) is 11.2. The summed E-state index contributed by atoms with van der Waals surface area (Å²) in [5.74, 6) is 0.881. The quantitative estimate of drug-likeness (QED) is 0.290. The van der Waals surface area contributed by atoms with Gasteiger partial charge in [-0.2, -0.15) is 5.10 Å². The lowest BCUT2D eigenvalue weighted by Gasteiger charge is -2.13. The molecule has 8 heteroatoms. The van der Waals surface area contributed by atoms with Crippen LogP contribution in [0.1, 0.15) is 16.7 Å². The third kappa shape index (κ3) is 6.99. The summed E-state index contributed by atoms with van der Waals surface area (Å²) in [4.78, 5) is 12.1. The van der Waals surface area contributed by atoms with E-state index in [1.54, 1.807) is 37.4 Å². The molecule has 5 nitrogen and oxygen atoms in total. The number of hydrazone groups is 1. The number of hydrogen-bond acceptors (Lipinski definition) is 4. The van der Waals surface area contributed by atoms with E-state index in [2.05, 4.69) is 26.5 Å².